The highest BCUT2D eigenvalue weighted by atomic mass is 32.2. The molecule has 194 valence electrons. The quantitative estimate of drug-likeness (QED) is 0.381. The van der Waals surface area contributed by atoms with Crippen LogP contribution in [-0.4, -0.2) is 40.6 Å². The number of thioether (sulfide) groups is 1. The Hall–Kier alpha value is -3.21. The largest absolute Gasteiger partial charge is 0.573 e. The maximum atomic E-state index is 12.9. The van der Waals surface area contributed by atoms with E-state index in [9.17, 15) is 22.8 Å². The van der Waals surface area contributed by atoms with E-state index in [4.69, 9.17) is 4.74 Å². The van der Waals surface area contributed by atoms with Crippen LogP contribution in [0.25, 0.3) is 0 Å². The number of hydrogen-bond donors (Lipinski definition) is 1. The maximum Gasteiger partial charge on any atom is 0.573 e. The van der Waals surface area contributed by atoms with Gasteiger partial charge < -0.3 is 14.8 Å². The van der Waals surface area contributed by atoms with Crippen molar-refractivity contribution in [2.45, 2.75) is 57.7 Å². The lowest BCUT2D eigenvalue weighted by molar-refractivity contribution is -0.275. The van der Waals surface area contributed by atoms with Gasteiger partial charge in [0.05, 0.1) is 24.6 Å². The standard InChI is InChI=1S/C25H28F3N3O4S/c1-4-6-7-22(32)29-18-11-8-16(9-12-18)15-31-24(33)36-21(5-2)23(30-31)17-10-13-19(34-3)20(14-17)35-25(26,27)28/h8-14,21H,4-7,15H2,1-3H3,(H,29,32). The Labute approximate surface area is 212 Å². The highest BCUT2D eigenvalue weighted by Crippen LogP contribution is 2.36. The van der Waals surface area contributed by atoms with Crippen molar-refractivity contribution in [1.29, 1.82) is 0 Å². The summed E-state index contributed by atoms with van der Waals surface area (Å²) in [5.74, 6) is -0.603. The minimum atomic E-state index is -4.89. The van der Waals surface area contributed by atoms with Crippen molar-refractivity contribution < 1.29 is 32.2 Å². The number of carbonyl (C=O) groups excluding carboxylic acids is 2. The molecule has 2 aromatic rings. The molecule has 7 nitrogen and oxygen atoms in total. The number of benzene rings is 2. The molecule has 2 amide bonds. The zero-order valence-corrected chi connectivity index (χ0v) is 21.0. The molecule has 1 aliphatic heterocycles. The molecule has 0 saturated carbocycles. The second kappa shape index (κ2) is 12.2. The molecule has 2 aromatic carbocycles. The first-order valence-electron chi connectivity index (χ1n) is 11.5. The summed E-state index contributed by atoms with van der Waals surface area (Å²) in [6.07, 6.45) is -2.13. The van der Waals surface area contributed by atoms with E-state index >= 15 is 0 Å². The van der Waals surface area contributed by atoms with Crippen molar-refractivity contribution in [2.75, 3.05) is 12.4 Å². The second-order valence-corrected chi connectivity index (χ2v) is 9.24. The van der Waals surface area contributed by atoms with Gasteiger partial charge in [0.15, 0.2) is 11.5 Å². The zero-order chi connectivity index (χ0) is 26.3. The van der Waals surface area contributed by atoms with Gasteiger partial charge in [-0.05, 0) is 48.7 Å². The molecule has 0 aromatic heterocycles. The third-order valence-electron chi connectivity index (χ3n) is 5.37. The molecule has 36 heavy (non-hydrogen) atoms. The van der Waals surface area contributed by atoms with Gasteiger partial charge >= 0.3 is 11.6 Å². The van der Waals surface area contributed by atoms with Crippen LogP contribution in [0.1, 0.15) is 50.7 Å². The van der Waals surface area contributed by atoms with Crippen molar-refractivity contribution >= 4 is 34.3 Å². The number of nitrogens with one attached hydrogen (secondary N) is 1. The predicted molar refractivity (Wildman–Crippen MR) is 133 cm³/mol. The summed E-state index contributed by atoms with van der Waals surface area (Å²) in [4.78, 5) is 24.7. The molecule has 0 radical (unpaired) electrons. The third-order valence-corrected chi connectivity index (χ3v) is 6.62. The van der Waals surface area contributed by atoms with E-state index in [1.807, 2.05) is 13.8 Å². The highest BCUT2D eigenvalue weighted by molar-refractivity contribution is 8.14. The molecule has 0 aliphatic carbocycles. The number of halogens is 3. The number of amides is 2. The number of alkyl halides is 3. The van der Waals surface area contributed by atoms with Gasteiger partial charge in [-0.25, -0.2) is 5.01 Å². The van der Waals surface area contributed by atoms with Gasteiger partial charge in [-0.3, -0.25) is 9.59 Å². The van der Waals surface area contributed by atoms with Crippen LogP contribution in [0.5, 0.6) is 11.5 Å². The van der Waals surface area contributed by atoms with Gasteiger partial charge in [-0.1, -0.05) is 44.2 Å². The van der Waals surface area contributed by atoms with Crippen molar-refractivity contribution in [3.8, 4) is 11.5 Å². The van der Waals surface area contributed by atoms with Crippen LogP contribution < -0.4 is 14.8 Å². The van der Waals surface area contributed by atoms with Crippen LogP contribution in [0.4, 0.5) is 23.7 Å². The maximum absolute atomic E-state index is 12.9. The summed E-state index contributed by atoms with van der Waals surface area (Å²) in [6, 6.07) is 11.3. The smallest absolute Gasteiger partial charge is 0.493 e. The van der Waals surface area contributed by atoms with Crippen LogP contribution >= 0.6 is 11.8 Å². The van der Waals surface area contributed by atoms with Crippen LogP contribution in [0.15, 0.2) is 47.6 Å². The minimum Gasteiger partial charge on any atom is -0.493 e. The summed E-state index contributed by atoms with van der Waals surface area (Å²) < 4.78 is 47.8. The normalized spacial score (nSPS) is 15.9. The fourth-order valence-corrected chi connectivity index (χ4v) is 4.49. The Balaban J connectivity index is 1.82. The van der Waals surface area contributed by atoms with Crippen molar-refractivity contribution in [2.24, 2.45) is 5.10 Å². The molecule has 0 saturated heterocycles. The molecule has 0 bridgehead atoms. The molecule has 0 fully saturated rings. The second-order valence-electron chi connectivity index (χ2n) is 8.09. The fourth-order valence-electron chi connectivity index (χ4n) is 3.56. The van der Waals surface area contributed by atoms with E-state index in [0.29, 0.717) is 29.8 Å². The Bertz CT molecular complexity index is 1110. The van der Waals surface area contributed by atoms with Crippen molar-refractivity contribution in [3.63, 3.8) is 0 Å². The van der Waals surface area contributed by atoms with E-state index < -0.39 is 12.1 Å². The Morgan fingerprint density at radius 1 is 1.14 bits per heavy atom. The summed E-state index contributed by atoms with van der Waals surface area (Å²) in [7, 11) is 1.25. The monoisotopic (exact) mass is 523 g/mol. The first-order valence-corrected chi connectivity index (χ1v) is 12.4. The van der Waals surface area contributed by atoms with Gasteiger partial charge in [-0.2, -0.15) is 5.10 Å². The Kier molecular flexibility index (Phi) is 9.25. The molecule has 0 spiro atoms. The highest BCUT2D eigenvalue weighted by Gasteiger charge is 2.34. The topological polar surface area (TPSA) is 80.2 Å². The summed E-state index contributed by atoms with van der Waals surface area (Å²) >= 11 is 1.07. The number of unbranched alkanes of at least 4 members (excludes halogenated alkanes) is 1. The summed E-state index contributed by atoms with van der Waals surface area (Å²) in [5, 5.41) is 8.04. The summed E-state index contributed by atoms with van der Waals surface area (Å²) in [6.45, 7) is 4.06. The zero-order valence-electron chi connectivity index (χ0n) is 20.2. The third kappa shape index (κ3) is 7.39. The number of carbonyl (C=O) groups is 2. The van der Waals surface area contributed by atoms with E-state index in [1.54, 1.807) is 30.3 Å². The average molecular weight is 524 g/mol. The first kappa shape index (κ1) is 27.4. The van der Waals surface area contributed by atoms with Crippen LogP contribution in [0, 0.1) is 0 Å². The van der Waals surface area contributed by atoms with Crippen LogP contribution in [0.2, 0.25) is 0 Å². The molecular formula is C25H28F3N3O4S. The van der Waals surface area contributed by atoms with Crippen molar-refractivity contribution in [1.82, 2.24) is 5.01 Å². The lowest BCUT2D eigenvalue weighted by Gasteiger charge is -2.28. The summed E-state index contributed by atoms with van der Waals surface area (Å²) in [5.41, 5.74) is 2.31. The number of anilines is 1. The van der Waals surface area contributed by atoms with E-state index in [1.165, 1.54) is 24.3 Å². The van der Waals surface area contributed by atoms with Gasteiger partial charge in [0, 0.05) is 17.7 Å². The molecule has 1 aliphatic rings. The van der Waals surface area contributed by atoms with Crippen molar-refractivity contribution in [3.05, 3.63) is 53.6 Å². The molecule has 1 atom stereocenters. The lowest BCUT2D eigenvalue weighted by atomic mass is 10.0. The molecule has 3 rings (SSSR count). The minimum absolute atomic E-state index is 0.0552. The Morgan fingerprint density at radius 2 is 1.86 bits per heavy atom. The van der Waals surface area contributed by atoms with E-state index in [-0.39, 0.29) is 28.7 Å². The van der Waals surface area contributed by atoms with Gasteiger partial charge in [-0.15, -0.1) is 13.2 Å². The van der Waals surface area contributed by atoms with E-state index in [0.717, 1.165) is 30.2 Å². The molecule has 1 N–H and O–H groups in total. The molecule has 1 unspecified atom stereocenters. The fraction of sp³-hybridized carbons (Fsp3) is 0.400. The van der Waals surface area contributed by atoms with Crippen LogP contribution in [-0.2, 0) is 11.3 Å². The molecular weight excluding hydrogens is 495 g/mol. The van der Waals surface area contributed by atoms with E-state index in [2.05, 4.69) is 15.2 Å². The SMILES string of the molecule is CCCCC(=O)Nc1ccc(CN2N=C(c3ccc(OC)c(OC(F)(F)F)c3)C(CC)SC2=O)cc1. The predicted octanol–water partition coefficient (Wildman–Crippen LogP) is 6.57. The molecule has 1 heterocycles. The number of ether oxygens (including phenoxy) is 2. The number of hydrogen-bond acceptors (Lipinski definition) is 6. The van der Waals surface area contributed by atoms with Crippen LogP contribution in [0.3, 0.4) is 0 Å². The van der Waals surface area contributed by atoms with Gasteiger partial charge in [0.25, 0.3) is 0 Å². The first-order chi connectivity index (χ1) is 17.1. The number of nitrogens with zero attached hydrogens (tertiary/aromatic N) is 2. The van der Waals surface area contributed by atoms with Gasteiger partial charge in [0.2, 0.25) is 5.91 Å². The lowest BCUT2D eigenvalue weighted by Crippen LogP contribution is -2.34. The number of rotatable bonds is 10. The molecule has 11 heteroatoms. The van der Waals surface area contributed by atoms with Gasteiger partial charge in [0.1, 0.15) is 0 Å². The Morgan fingerprint density at radius 3 is 2.47 bits per heavy atom. The average Bonchev–Trinajstić information content (AvgIpc) is 2.84. The number of methoxy groups -OCH3 is 1. The number of hydrazone groups is 1.